The molecule has 0 radical (unpaired) electrons. The first kappa shape index (κ1) is 17.6. The largest absolute Gasteiger partial charge is 0.394 e. The lowest BCUT2D eigenvalue weighted by Gasteiger charge is -2.23. The molecule has 9 nitrogen and oxygen atoms in total. The van der Waals surface area contributed by atoms with Crippen LogP contribution in [0.1, 0.15) is 18.5 Å². The van der Waals surface area contributed by atoms with Gasteiger partial charge in [0.15, 0.2) is 5.82 Å². The van der Waals surface area contributed by atoms with Crippen molar-refractivity contribution >= 4 is 23.1 Å². The number of nitrogens with one attached hydrogen (secondary N) is 1. The fourth-order valence-electron chi connectivity index (χ4n) is 3.77. The number of pyridine rings is 1. The van der Waals surface area contributed by atoms with Gasteiger partial charge in [0, 0.05) is 30.3 Å². The number of fused-ring (bicyclic) bond motifs is 1. The van der Waals surface area contributed by atoms with Crippen LogP contribution in [-0.4, -0.2) is 53.4 Å². The average Bonchev–Trinajstić information content (AvgIpc) is 3.47. The molecule has 5 heterocycles. The lowest BCUT2D eigenvalue weighted by Crippen LogP contribution is -2.34. The second kappa shape index (κ2) is 7.17. The van der Waals surface area contributed by atoms with E-state index in [2.05, 4.69) is 25.3 Å². The third-order valence-electron chi connectivity index (χ3n) is 5.23. The molecule has 4 aromatic rings. The highest BCUT2D eigenvalue weighted by atomic mass is 16.3. The summed E-state index contributed by atoms with van der Waals surface area (Å²) in [6.45, 7) is 2.91. The molecule has 1 fully saturated rings. The van der Waals surface area contributed by atoms with Crippen molar-refractivity contribution in [3.8, 4) is 5.69 Å². The van der Waals surface area contributed by atoms with Crippen molar-refractivity contribution in [3.05, 3.63) is 54.9 Å². The summed E-state index contributed by atoms with van der Waals surface area (Å²) in [5, 5.41) is 17.6. The predicted octanol–water partition coefficient (Wildman–Crippen LogP) is 2.32. The van der Waals surface area contributed by atoms with Gasteiger partial charge in [0.1, 0.15) is 17.7 Å². The number of aliphatic hydroxyl groups excluding tert-OH is 1. The number of aliphatic hydroxyl groups is 1. The van der Waals surface area contributed by atoms with Crippen LogP contribution >= 0.6 is 0 Å². The van der Waals surface area contributed by atoms with Gasteiger partial charge in [-0.25, -0.2) is 9.50 Å². The molecular weight excluding hydrogens is 368 g/mol. The Kier molecular flexibility index (Phi) is 4.36. The first-order chi connectivity index (χ1) is 14.2. The maximum Gasteiger partial charge on any atom is 0.245 e. The molecule has 9 heteroatoms. The van der Waals surface area contributed by atoms with Crippen LogP contribution in [0, 0.1) is 6.92 Å². The van der Waals surface area contributed by atoms with Gasteiger partial charge in [0.25, 0.3) is 0 Å². The molecule has 1 aliphatic rings. The number of aromatic nitrogens is 6. The van der Waals surface area contributed by atoms with Crippen molar-refractivity contribution in [2.75, 3.05) is 23.4 Å². The number of hydrogen-bond donors (Lipinski definition) is 2. The smallest absolute Gasteiger partial charge is 0.245 e. The fourth-order valence-corrected chi connectivity index (χ4v) is 3.77. The summed E-state index contributed by atoms with van der Waals surface area (Å²) in [5.74, 6) is 1.98. The lowest BCUT2D eigenvalue weighted by atomic mass is 10.2. The molecule has 148 valence electrons. The normalized spacial score (nSPS) is 16.6. The molecule has 0 aliphatic carbocycles. The topological polar surface area (TPSA) is 96.4 Å². The monoisotopic (exact) mass is 390 g/mol. The highest BCUT2D eigenvalue weighted by molar-refractivity contribution is 5.73. The quantitative estimate of drug-likeness (QED) is 0.540. The van der Waals surface area contributed by atoms with Crippen molar-refractivity contribution in [2.45, 2.75) is 25.8 Å². The molecule has 1 atom stereocenters. The average molecular weight is 390 g/mol. The van der Waals surface area contributed by atoms with Gasteiger partial charge in [-0.3, -0.25) is 4.98 Å². The van der Waals surface area contributed by atoms with Gasteiger partial charge in [-0.15, -0.1) is 5.10 Å². The minimum atomic E-state index is 0.0602. The third-order valence-corrected chi connectivity index (χ3v) is 5.23. The summed E-state index contributed by atoms with van der Waals surface area (Å²) in [5.41, 5.74) is 2.81. The molecule has 0 aromatic carbocycles. The van der Waals surface area contributed by atoms with Crippen molar-refractivity contribution in [1.82, 2.24) is 29.1 Å². The van der Waals surface area contributed by atoms with Gasteiger partial charge in [-0.1, -0.05) is 0 Å². The van der Waals surface area contributed by atoms with Gasteiger partial charge in [0.2, 0.25) is 5.95 Å². The van der Waals surface area contributed by atoms with Crippen molar-refractivity contribution in [3.63, 3.8) is 0 Å². The highest BCUT2D eigenvalue weighted by Gasteiger charge is 2.27. The zero-order valence-electron chi connectivity index (χ0n) is 16.1. The summed E-state index contributed by atoms with van der Waals surface area (Å²) in [6.07, 6.45) is 9.33. The second-order valence-electron chi connectivity index (χ2n) is 7.22. The molecule has 1 saturated heterocycles. The van der Waals surface area contributed by atoms with E-state index in [9.17, 15) is 5.11 Å². The summed E-state index contributed by atoms with van der Waals surface area (Å²) in [4.78, 5) is 15.5. The summed E-state index contributed by atoms with van der Waals surface area (Å²) in [7, 11) is 0. The van der Waals surface area contributed by atoms with E-state index in [1.807, 2.05) is 48.1 Å². The van der Waals surface area contributed by atoms with Crippen LogP contribution in [-0.2, 0) is 0 Å². The molecule has 1 aliphatic heterocycles. The molecule has 0 bridgehead atoms. The van der Waals surface area contributed by atoms with E-state index in [-0.39, 0.29) is 12.6 Å². The first-order valence-electron chi connectivity index (χ1n) is 9.68. The van der Waals surface area contributed by atoms with Crippen molar-refractivity contribution in [1.29, 1.82) is 0 Å². The molecule has 0 saturated carbocycles. The van der Waals surface area contributed by atoms with Crippen LogP contribution in [0.5, 0.6) is 0 Å². The van der Waals surface area contributed by atoms with Crippen LogP contribution in [0.25, 0.3) is 11.2 Å². The zero-order valence-corrected chi connectivity index (χ0v) is 16.1. The Morgan fingerprint density at radius 3 is 3.07 bits per heavy atom. The Hall–Kier alpha value is -3.46. The van der Waals surface area contributed by atoms with Gasteiger partial charge >= 0.3 is 0 Å². The summed E-state index contributed by atoms with van der Waals surface area (Å²) >= 11 is 0. The number of rotatable bonds is 5. The van der Waals surface area contributed by atoms with E-state index in [4.69, 9.17) is 4.98 Å². The van der Waals surface area contributed by atoms with E-state index in [0.29, 0.717) is 17.6 Å². The Morgan fingerprint density at radius 1 is 1.28 bits per heavy atom. The zero-order chi connectivity index (χ0) is 19.8. The number of aryl methyl sites for hydroxylation is 1. The lowest BCUT2D eigenvalue weighted by molar-refractivity contribution is 0.265. The summed E-state index contributed by atoms with van der Waals surface area (Å²) < 4.78 is 3.75. The van der Waals surface area contributed by atoms with Gasteiger partial charge in [-0.05, 0) is 44.0 Å². The van der Waals surface area contributed by atoms with E-state index in [1.165, 1.54) is 0 Å². The minimum Gasteiger partial charge on any atom is -0.394 e. The molecule has 4 aromatic heterocycles. The highest BCUT2D eigenvalue weighted by Crippen LogP contribution is 2.26. The molecule has 2 N–H and O–H groups in total. The molecular formula is C20H22N8O. The maximum atomic E-state index is 9.67. The van der Waals surface area contributed by atoms with Crippen LogP contribution in [0.3, 0.4) is 0 Å². The van der Waals surface area contributed by atoms with Crippen LogP contribution in [0.15, 0.2) is 49.2 Å². The van der Waals surface area contributed by atoms with E-state index in [1.54, 1.807) is 17.0 Å². The SMILES string of the molecule is Cc1cc(-n2cnc(Nc3nc(N4CCC[C@H]4CO)nn4cccc34)c2)ccn1. The minimum absolute atomic E-state index is 0.0602. The van der Waals surface area contributed by atoms with Crippen LogP contribution in [0.2, 0.25) is 0 Å². The molecule has 0 unspecified atom stereocenters. The van der Waals surface area contributed by atoms with Gasteiger partial charge in [0.05, 0.1) is 18.8 Å². The molecule has 0 amide bonds. The Morgan fingerprint density at radius 2 is 2.21 bits per heavy atom. The van der Waals surface area contributed by atoms with Crippen LogP contribution in [0.4, 0.5) is 17.6 Å². The number of nitrogens with zero attached hydrogens (tertiary/aromatic N) is 7. The fraction of sp³-hybridized carbons (Fsp3) is 0.300. The number of anilines is 3. The number of imidazole rings is 1. The second-order valence-corrected chi connectivity index (χ2v) is 7.22. The number of hydrogen-bond acceptors (Lipinski definition) is 7. The van der Waals surface area contributed by atoms with Gasteiger partial charge in [-0.2, -0.15) is 4.98 Å². The molecule has 29 heavy (non-hydrogen) atoms. The Labute approximate surface area is 167 Å². The Balaban J connectivity index is 1.48. The molecule has 5 rings (SSSR count). The van der Waals surface area contributed by atoms with E-state index >= 15 is 0 Å². The third kappa shape index (κ3) is 3.29. The Bertz CT molecular complexity index is 1150. The van der Waals surface area contributed by atoms with Crippen molar-refractivity contribution in [2.24, 2.45) is 0 Å². The van der Waals surface area contributed by atoms with Gasteiger partial charge < -0.3 is 19.9 Å². The van der Waals surface area contributed by atoms with Crippen LogP contribution < -0.4 is 10.2 Å². The maximum absolute atomic E-state index is 9.67. The van der Waals surface area contributed by atoms with Crippen molar-refractivity contribution < 1.29 is 5.11 Å². The first-order valence-corrected chi connectivity index (χ1v) is 9.68. The summed E-state index contributed by atoms with van der Waals surface area (Å²) in [6, 6.07) is 7.90. The van der Waals surface area contributed by atoms with E-state index < -0.39 is 0 Å². The predicted molar refractivity (Wildman–Crippen MR) is 110 cm³/mol. The standard InChI is InChI=1S/C20H22N8O/c1-14-10-15(6-7-21-14)26-11-18(22-13-26)23-19-17-5-3-9-28(17)25-20(24-19)27-8-2-4-16(27)12-29/h3,5-7,9-11,13,16,29H,2,4,8,12H2,1H3,(H,23,24,25)/t16-/m0/s1. The molecule has 0 spiro atoms. The van der Waals surface area contributed by atoms with E-state index in [0.717, 1.165) is 36.3 Å².